The molecule has 7 heteroatoms. The summed E-state index contributed by atoms with van der Waals surface area (Å²) < 4.78 is 5.41. The molecule has 0 aliphatic heterocycles. The van der Waals surface area contributed by atoms with E-state index in [0.717, 1.165) is 5.56 Å². The van der Waals surface area contributed by atoms with Crippen molar-refractivity contribution in [2.45, 2.75) is 6.92 Å². The molecular weight excluding hydrogens is 359 g/mol. The Morgan fingerprint density at radius 1 is 1.22 bits per heavy atom. The van der Waals surface area contributed by atoms with Crippen molar-refractivity contribution in [3.8, 4) is 5.75 Å². The molecule has 120 valence electrons. The Hall–Kier alpha value is -1.75. The van der Waals surface area contributed by atoms with Crippen molar-refractivity contribution in [2.24, 2.45) is 5.10 Å². The highest BCUT2D eigenvalue weighted by atomic mass is 35.5. The van der Waals surface area contributed by atoms with Crippen LogP contribution in [0.2, 0.25) is 15.1 Å². The molecule has 1 amide bonds. The summed E-state index contributed by atoms with van der Waals surface area (Å²) >= 11 is 17.8. The molecule has 1 N–H and O–H groups in total. The van der Waals surface area contributed by atoms with E-state index in [1.807, 2.05) is 6.92 Å². The van der Waals surface area contributed by atoms with Crippen LogP contribution in [0.4, 0.5) is 0 Å². The fraction of sp³-hybridized carbons (Fsp3) is 0.125. The minimum absolute atomic E-state index is 0.171. The average Bonchev–Trinajstić information content (AvgIpc) is 2.49. The average molecular weight is 372 g/mol. The maximum Gasteiger partial charge on any atom is 0.277 e. The van der Waals surface area contributed by atoms with Gasteiger partial charge in [-0.2, -0.15) is 5.10 Å². The van der Waals surface area contributed by atoms with Gasteiger partial charge in [-0.1, -0.05) is 40.9 Å². The first-order valence-electron chi connectivity index (χ1n) is 6.62. The van der Waals surface area contributed by atoms with E-state index in [9.17, 15) is 4.79 Å². The van der Waals surface area contributed by atoms with Crippen molar-refractivity contribution in [1.82, 2.24) is 5.43 Å². The van der Waals surface area contributed by atoms with Crippen LogP contribution in [0.1, 0.15) is 11.1 Å². The standard InChI is InChI=1S/C16H13Cl3N2O2/c1-10-7-11(17)5-6-15(10)23-9-16(22)21-20-8-12-13(18)3-2-4-14(12)19/h2-8H,9H2,1H3,(H,21,22)/b20-8+. The summed E-state index contributed by atoms with van der Waals surface area (Å²) in [6.07, 6.45) is 1.39. The summed E-state index contributed by atoms with van der Waals surface area (Å²) in [4.78, 5) is 11.7. The number of halogens is 3. The molecule has 0 atom stereocenters. The molecule has 0 aromatic heterocycles. The first-order chi connectivity index (χ1) is 11.0. The number of carbonyl (C=O) groups excluding carboxylic acids is 1. The molecule has 0 unspecified atom stereocenters. The fourth-order valence-corrected chi connectivity index (χ4v) is 2.47. The van der Waals surface area contributed by atoms with Crippen molar-refractivity contribution < 1.29 is 9.53 Å². The Bertz CT molecular complexity index is 728. The van der Waals surface area contributed by atoms with Gasteiger partial charge in [-0.3, -0.25) is 4.79 Å². The molecule has 0 heterocycles. The van der Waals surface area contributed by atoms with Crippen LogP contribution in [0.5, 0.6) is 5.75 Å². The number of hydrazone groups is 1. The number of amides is 1. The van der Waals surface area contributed by atoms with E-state index in [-0.39, 0.29) is 6.61 Å². The Morgan fingerprint density at radius 3 is 2.57 bits per heavy atom. The van der Waals surface area contributed by atoms with Crippen LogP contribution in [-0.4, -0.2) is 18.7 Å². The first kappa shape index (κ1) is 17.6. The number of aryl methyl sites for hydroxylation is 1. The van der Waals surface area contributed by atoms with Crippen molar-refractivity contribution in [1.29, 1.82) is 0 Å². The highest BCUT2D eigenvalue weighted by Gasteiger charge is 2.05. The zero-order valence-electron chi connectivity index (χ0n) is 12.1. The number of benzene rings is 2. The SMILES string of the molecule is Cc1cc(Cl)ccc1OCC(=O)N/N=C/c1c(Cl)cccc1Cl. The second-order valence-corrected chi connectivity index (χ2v) is 5.88. The lowest BCUT2D eigenvalue weighted by Gasteiger charge is -2.08. The highest BCUT2D eigenvalue weighted by molar-refractivity contribution is 6.38. The molecule has 0 spiro atoms. The number of hydrogen-bond donors (Lipinski definition) is 1. The van der Waals surface area contributed by atoms with E-state index in [1.165, 1.54) is 6.21 Å². The summed E-state index contributed by atoms with van der Waals surface area (Å²) in [7, 11) is 0. The molecular formula is C16H13Cl3N2O2. The molecule has 23 heavy (non-hydrogen) atoms. The van der Waals surface area contributed by atoms with E-state index >= 15 is 0 Å². The van der Waals surface area contributed by atoms with Gasteiger partial charge >= 0.3 is 0 Å². The van der Waals surface area contributed by atoms with E-state index in [0.29, 0.717) is 26.4 Å². The van der Waals surface area contributed by atoms with Gasteiger partial charge < -0.3 is 4.74 Å². The van der Waals surface area contributed by atoms with Crippen LogP contribution in [0.3, 0.4) is 0 Å². The van der Waals surface area contributed by atoms with E-state index in [2.05, 4.69) is 10.5 Å². The van der Waals surface area contributed by atoms with Gasteiger partial charge in [-0.25, -0.2) is 5.43 Å². The first-order valence-corrected chi connectivity index (χ1v) is 7.75. The van der Waals surface area contributed by atoms with Gasteiger partial charge in [0.25, 0.3) is 5.91 Å². The quantitative estimate of drug-likeness (QED) is 0.622. The molecule has 4 nitrogen and oxygen atoms in total. The summed E-state index contributed by atoms with van der Waals surface area (Å²) in [6.45, 7) is 1.67. The Morgan fingerprint density at radius 2 is 1.91 bits per heavy atom. The summed E-state index contributed by atoms with van der Waals surface area (Å²) in [6, 6.07) is 10.2. The van der Waals surface area contributed by atoms with Gasteiger partial charge in [0.1, 0.15) is 5.75 Å². The molecule has 0 saturated carbocycles. The molecule has 0 radical (unpaired) electrons. The largest absolute Gasteiger partial charge is 0.483 e. The predicted molar refractivity (Wildman–Crippen MR) is 93.9 cm³/mol. The number of hydrogen-bond acceptors (Lipinski definition) is 3. The van der Waals surface area contributed by atoms with Crippen LogP contribution < -0.4 is 10.2 Å². The lowest BCUT2D eigenvalue weighted by molar-refractivity contribution is -0.123. The van der Waals surface area contributed by atoms with E-state index < -0.39 is 5.91 Å². The maximum atomic E-state index is 11.7. The van der Waals surface area contributed by atoms with Crippen molar-refractivity contribution in [3.05, 3.63) is 62.6 Å². The van der Waals surface area contributed by atoms with Gasteiger partial charge in [-0.05, 0) is 42.8 Å². The summed E-state index contributed by atoms with van der Waals surface area (Å²) in [5.41, 5.74) is 3.73. The summed E-state index contributed by atoms with van der Waals surface area (Å²) in [5, 5.41) is 5.32. The Balaban J connectivity index is 1.89. The number of nitrogens with zero attached hydrogens (tertiary/aromatic N) is 1. The second kappa shape index (κ2) is 8.20. The number of ether oxygens (including phenoxy) is 1. The van der Waals surface area contributed by atoms with Gasteiger partial charge in [-0.15, -0.1) is 0 Å². The van der Waals surface area contributed by atoms with Crippen LogP contribution in [-0.2, 0) is 4.79 Å². The van der Waals surface area contributed by atoms with Crippen molar-refractivity contribution in [2.75, 3.05) is 6.61 Å². The van der Waals surface area contributed by atoms with Gasteiger partial charge in [0.05, 0.1) is 16.3 Å². The minimum Gasteiger partial charge on any atom is -0.483 e. The smallest absolute Gasteiger partial charge is 0.277 e. The van der Waals surface area contributed by atoms with Gasteiger partial charge in [0, 0.05) is 10.6 Å². The molecule has 2 aromatic rings. The maximum absolute atomic E-state index is 11.7. The fourth-order valence-electron chi connectivity index (χ4n) is 1.75. The van der Waals surface area contributed by atoms with Crippen LogP contribution in [0.15, 0.2) is 41.5 Å². The number of nitrogens with one attached hydrogen (secondary N) is 1. The topological polar surface area (TPSA) is 50.7 Å². The number of rotatable bonds is 5. The normalized spacial score (nSPS) is 10.8. The van der Waals surface area contributed by atoms with Gasteiger partial charge in [0.2, 0.25) is 0 Å². The molecule has 2 rings (SSSR count). The monoisotopic (exact) mass is 370 g/mol. The Kier molecular flexibility index (Phi) is 6.28. The van der Waals surface area contributed by atoms with Crippen LogP contribution in [0, 0.1) is 6.92 Å². The minimum atomic E-state index is -0.404. The zero-order chi connectivity index (χ0) is 16.8. The molecule has 2 aromatic carbocycles. The lowest BCUT2D eigenvalue weighted by atomic mass is 10.2. The Labute approximate surface area is 149 Å². The molecule has 0 bridgehead atoms. The molecule has 0 fully saturated rings. The third-order valence-corrected chi connectivity index (χ3v) is 3.77. The van der Waals surface area contributed by atoms with E-state index in [4.69, 9.17) is 39.5 Å². The third-order valence-electron chi connectivity index (χ3n) is 2.88. The number of carbonyl (C=O) groups is 1. The van der Waals surface area contributed by atoms with Crippen molar-refractivity contribution >= 4 is 46.9 Å². The van der Waals surface area contributed by atoms with Crippen LogP contribution >= 0.6 is 34.8 Å². The summed E-state index contributed by atoms with van der Waals surface area (Å²) in [5.74, 6) is 0.182. The van der Waals surface area contributed by atoms with Crippen molar-refractivity contribution in [3.63, 3.8) is 0 Å². The predicted octanol–water partition coefficient (Wildman–Crippen LogP) is 4.48. The molecule has 0 saturated heterocycles. The third kappa shape index (κ3) is 5.13. The van der Waals surface area contributed by atoms with E-state index in [1.54, 1.807) is 36.4 Å². The molecule has 0 aliphatic rings. The zero-order valence-corrected chi connectivity index (χ0v) is 14.4. The van der Waals surface area contributed by atoms with Gasteiger partial charge in [0.15, 0.2) is 6.61 Å². The highest BCUT2D eigenvalue weighted by Crippen LogP contribution is 2.22. The molecule has 0 aliphatic carbocycles. The lowest BCUT2D eigenvalue weighted by Crippen LogP contribution is -2.24. The van der Waals surface area contributed by atoms with Crippen LogP contribution in [0.25, 0.3) is 0 Å². The second-order valence-electron chi connectivity index (χ2n) is 4.63.